The van der Waals surface area contributed by atoms with Crippen molar-refractivity contribution in [1.29, 1.82) is 0 Å². The van der Waals surface area contributed by atoms with E-state index in [1.807, 2.05) is 13.0 Å². The number of rotatable bonds is 2. The number of halogens is 2. The van der Waals surface area contributed by atoms with Crippen LogP contribution in [0.15, 0.2) is 21.3 Å². The van der Waals surface area contributed by atoms with Crippen molar-refractivity contribution in [3.63, 3.8) is 0 Å². The predicted octanol–water partition coefficient (Wildman–Crippen LogP) is 3.01. The van der Waals surface area contributed by atoms with Gasteiger partial charge in [0.05, 0.1) is 11.1 Å². The van der Waals surface area contributed by atoms with E-state index in [0.29, 0.717) is 6.61 Å². The molecule has 0 unspecified atom stereocenters. The van der Waals surface area contributed by atoms with Crippen molar-refractivity contribution in [3.8, 4) is 5.75 Å². The van der Waals surface area contributed by atoms with Crippen molar-refractivity contribution < 1.29 is 4.74 Å². The number of nitrogens with zero attached hydrogens (tertiary/aromatic N) is 1. The van der Waals surface area contributed by atoms with Gasteiger partial charge in [0.25, 0.3) is 0 Å². The predicted molar refractivity (Wildman–Crippen MR) is 50.8 cm³/mol. The van der Waals surface area contributed by atoms with Crippen molar-refractivity contribution in [1.82, 2.24) is 4.98 Å². The van der Waals surface area contributed by atoms with Crippen LogP contribution in [0.3, 0.4) is 0 Å². The highest BCUT2D eigenvalue weighted by Gasteiger charge is 2.00. The molecule has 0 spiro atoms. The first kappa shape index (κ1) is 9.00. The fourth-order valence-corrected chi connectivity index (χ4v) is 1.30. The van der Waals surface area contributed by atoms with Gasteiger partial charge in [-0.25, -0.2) is 4.98 Å². The van der Waals surface area contributed by atoms with Crippen molar-refractivity contribution in [2.75, 3.05) is 6.61 Å². The Morgan fingerprint density at radius 1 is 1.55 bits per heavy atom. The molecule has 1 aromatic heterocycles. The maximum Gasteiger partial charge on any atom is 0.137 e. The van der Waals surface area contributed by atoms with Crippen molar-refractivity contribution in [2.45, 2.75) is 6.92 Å². The Hall–Kier alpha value is -0.0900. The summed E-state index contributed by atoms with van der Waals surface area (Å²) in [4.78, 5) is 4.01. The summed E-state index contributed by atoms with van der Waals surface area (Å²) < 4.78 is 6.96. The van der Waals surface area contributed by atoms with Crippen LogP contribution in [0.25, 0.3) is 0 Å². The Labute approximate surface area is 82.2 Å². The smallest absolute Gasteiger partial charge is 0.137 e. The molecule has 4 heteroatoms. The zero-order chi connectivity index (χ0) is 8.27. The summed E-state index contributed by atoms with van der Waals surface area (Å²) in [6.45, 7) is 2.61. The normalized spacial score (nSPS) is 9.73. The molecule has 1 rings (SSSR count). The molecule has 0 aliphatic rings. The van der Waals surface area contributed by atoms with Crippen LogP contribution < -0.4 is 4.74 Å². The molecule has 0 aromatic carbocycles. The Bertz CT molecular complexity index is 252. The molecule has 1 aromatic rings. The van der Waals surface area contributed by atoms with E-state index in [1.54, 1.807) is 6.20 Å². The van der Waals surface area contributed by atoms with Gasteiger partial charge in [-0.2, -0.15) is 0 Å². The Morgan fingerprint density at radius 2 is 2.27 bits per heavy atom. The summed E-state index contributed by atoms with van der Waals surface area (Å²) in [5.74, 6) is 0.814. The summed E-state index contributed by atoms with van der Waals surface area (Å²) in [7, 11) is 0. The lowest BCUT2D eigenvalue weighted by Crippen LogP contribution is -1.92. The van der Waals surface area contributed by atoms with Crippen LogP contribution in [0.2, 0.25) is 0 Å². The van der Waals surface area contributed by atoms with E-state index >= 15 is 0 Å². The third-order valence-electron chi connectivity index (χ3n) is 1.09. The molecular weight excluding hydrogens is 274 g/mol. The number of hydrogen-bond donors (Lipinski definition) is 0. The molecule has 2 nitrogen and oxygen atoms in total. The fraction of sp³-hybridized carbons (Fsp3) is 0.286. The molecule has 1 heterocycles. The highest BCUT2D eigenvalue weighted by Crippen LogP contribution is 2.26. The van der Waals surface area contributed by atoms with Crippen molar-refractivity contribution >= 4 is 31.9 Å². The lowest BCUT2D eigenvalue weighted by Gasteiger charge is -2.04. The fourth-order valence-electron chi connectivity index (χ4n) is 0.662. The van der Waals surface area contributed by atoms with E-state index in [-0.39, 0.29) is 0 Å². The average molecular weight is 281 g/mol. The average Bonchev–Trinajstić information content (AvgIpc) is 1.98. The largest absolute Gasteiger partial charge is 0.493 e. The number of pyridine rings is 1. The molecule has 0 atom stereocenters. The molecule has 60 valence electrons. The standard InChI is InChI=1S/C7H7Br2NO/c1-2-11-6-3-7(9)10-4-5(6)8/h3-4H,2H2,1H3. The molecule has 0 fully saturated rings. The molecule has 0 bridgehead atoms. The van der Waals surface area contributed by atoms with Gasteiger partial charge in [0.2, 0.25) is 0 Å². The highest BCUT2D eigenvalue weighted by atomic mass is 79.9. The van der Waals surface area contributed by atoms with Crippen LogP contribution in [0.4, 0.5) is 0 Å². The lowest BCUT2D eigenvalue weighted by molar-refractivity contribution is 0.337. The molecule has 0 saturated heterocycles. The van der Waals surface area contributed by atoms with E-state index in [2.05, 4.69) is 36.8 Å². The first-order chi connectivity index (χ1) is 5.24. The minimum absolute atomic E-state index is 0.662. The first-order valence-corrected chi connectivity index (χ1v) is 4.76. The van der Waals surface area contributed by atoms with Gasteiger partial charge in [-0.05, 0) is 38.8 Å². The van der Waals surface area contributed by atoms with Crippen molar-refractivity contribution in [3.05, 3.63) is 21.3 Å². The number of aromatic nitrogens is 1. The Kier molecular flexibility index (Phi) is 3.33. The molecular formula is C7H7Br2NO. The lowest BCUT2D eigenvalue weighted by atomic mass is 10.4. The monoisotopic (exact) mass is 279 g/mol. The SMILES string of the molecule is CCOc1cc(Br)ncc1Br. The Morgan fingerprint density at radius 3 is 2.91 bits per heavy atom. The second-order valence-corrected chi connectivity index (χ2v) is 3.54. The third kappa shape index (κ3) is 2.45. The van der Waals surface area contributed by atoms with E-state index in [1.165, 1.54) is 0 Å². The van der Waals surface area contributed by atoms with Gasteiger partial charge in [-0.3, -0.25) is 0 Å². The quantitative estimate of drug-likeness (QED) is 0.777. The van der Waals surface area contributed by atoms with Gasteiger partial charge in [-0.15, -0.1) is 0 Å². The van der Waals surface area contributed by atoms with Gasteiger partial charge in [0, 0.05) is 12.3 Å². The minimum atomic E-state index is 0.662. The molecule has 0 aliphatic heterocycles. The highest BCUT2D eigenvalue weighted by molar-refractivity contribution is 9.11. The van der Waals surface area contributed by atoms with Crippen LogP contribution in [-0.4, -0.2) is 11.6 Å². The molecule has 0 radical (unpaired) electrons. The van der Waals surface area contributed by atoms with Gasteiger partial charge in [0.15, 0.2) is 0 Å². The zero-order valence-corrected chi connectivity index (χ0v) is 9.15. The summed E-state index contributed by atoms with van der Waals surface area (Å²) in [6.07, 6.45) is 1.70. The number of hydrogen-bond acceptors (Lipinski definition) is 2. The summed E-state index contributed by atoms with van der Waals surface area (Å²) in [5, 5.41) is 0. The van der Waals surface area contributed by atoms with E-state index < -0.39 is 0 Å². The minimum Gasteiger partial charge on any atom is -0.493 e. The zero-order valence-electron chi connectivity index (χ0n) is 5.97. The van der Waals surface area contributed by atoms with Crippen LogP contribution in [0, 0.1) is 0 Å². The Balaban J connectivity index is 2.93. The molecule has 0 saturated carbocycles. The maximum atomic E-state index is 5.30. The van der Waals surface area contributed by atoms with Crippen LogP contribution in [0.1, 0.15) is 6.92 Å². The number of ether oxygens (including phenoxy) is 1. The van der Waals surface area contributed by atoms with Crippen LogP contribution in [0.5, 0.6) is 5.75 Å². The van der Waals surface area contributed by atoms with Crippen LogP contribution in [-0.2, 0) is 0 Å². The van der Waals surface area contributed by atoms with Crippen LogP contribution >= 0.6 is 31.9 Å². The van der Waals surface area contributed by atoms with Gasteiger partial charge >= 0.3 is 0 Å². The van der Waals surface area contributed by atoms with E-state index in [0.717, 1.165) is 14.8 Å². The summed E-state index contributed by atoms with van der Waals surface area (Å²) in [6, 6.07) is 1.83. The van der Waals surface area contributed by atoms with Gasteiger partial charge in [-0.1, -0.05) is 0 Å². The topological polar surface area (TPSA) is 22.1 Å². The molecule has 0 amide bonds. The molecule has 0 N–H and O–H groups in total. The summed E-state index contributed by atoms with van der Waals surface area (Å²) >= 11 is 6.58. The van der Waals surface area contributed by atoms with E-state index in [9.17, 15) is 0 Å². The van der Waals surface area contributed by atoms with E-state index in [4.69, 9.17) is 4.74 Å². The molecule has 11 heavy (non-hydrogen) atoms. The summed E-state index contributed by atoms with van der Waals surface area (Å²) in [5.41, 5.74) is 0. The second-order valence-electron chi connectivity index (χ2n) is 1.87. The van der Waals surface area contributed by atoms with Gasteiger partial charge in [0.1, 0.15) is 10.4 Å². The maximum absolute atomic E-state index is 5.30. The van der Waals surface area contributed by atoms with Crippen molar-refractivity contribution in [2.24, 2.45) is 0 Å². The second kappa shape index (κ2) is 4.07. The third-order valence-corrected chi connectivity index (χ3v) is 2.12. The first-order valence-electron chi connectivity index (χ1n) is 3.18. The molecule has 0 aliphatic carbocycles. The van der Waals surface area contributed by atoms with Gasteiger partial charge < -0.3 is 4.74 Å².